The van der Waals surface area contributed by atoms with E-state index >= 15 is 0 Å². The van der Waals surface area contributed by atoms with Crippen LogP contribution in [0, 0.1) is 13.8 Å². The summed E-state index contributed by atoms with van der Waals surface area (Å²) >= 11 is 0. The molecule has 0 atom stereocenters. The largest absolute Gasteiger partial charge is 0.307 e. The van der Waals surface area contributed by atoms with Crippen molar-refractivity contribution in [2.45, 2.75) is 13.8 Å². The molecule has 0 N–H and O–H groups in total. The predicted octanol–water partition coefficient (Wildman–Crippen LogP) is 6.68. The predicted molar refractivity (Wildman–Crippen MR) is 138 cm³/mol. The molecule has 0 saturated carbocycles. The molecule has 7 rings (SSSR count). The van der Waals surface area contributed by atoms with Gasteiger partial charge in [-0.05, 0) is 38.1 Å². The first kappa shape index (κ1) is 19.0. The highest BCUT2D eigenvalue weighted by atomic mass is 15.2. The zero-order valence-corrected chi connectivity index (χ0v) is 18.9. The molecule has 0 spiro atoms. The third kappa shape index (κ3) is 2.58. The highest BCUT2D eigenvalue weighted by molar-refractivity contribution is 6.23. The van der Waals surface area contributed by atoms with Crippen molar-refractivity contribution in [3.05, 3.63) is 103 Å². The summed E-state index contributed by atoms with van der Waals surface area (Å²) in [4.78, 5) is 14.0. The molecule has 3 heterocycles. The van der Waals surface area contributed by atoms with Crippen LogP contribution in [-0.4, -0.2) is 24.1 Å². The fraction of sp³-hybridized carbons (Fsp3) is 0.0690. The van der Waals surface area contributed by atoms with E-state index < -0.39 is 0 Å². The average molecular weight is 440 g/mol. The summed E-state index contributed by atoms with van der Waals surface area (Å²) in [6, 6.07) is 32.1. The smallest absolute Gasteiger partial charge is 0.238 e. The summed E-state index contributed by atoms with van der Waals surface area (Å²) in [6.45, 7) is 3.84. The number of hydrogen-bond donors (Lipinski definition) is 0. The van der Waals surface area contributed by atoms with E-state index in [9.17, 15) is 0 Å². The van der Waals surface area contributed by atoms with Gasteiger partial charge in [0.25, 0.3) is 0 Å². The summed E-state index contributed by atoms with van der Waals surface area (Å²) in [6.07, 6.45) is 0. The Labute approximate surface area is 195 Å². The maximum absolute atomic E-state index is 4.77. The number of rotatable bonds is 2. The zero-order chi connectivity index (χ0) is 22.8. The normalized spacial score (nSPS) is 11.8. The van der Waals surface area contributed by atoms with Gasteiger partial charge >= 0.3 is 0 Å². The fourth-order valence-corrected chi connectivity index (χ4v) is 5.25. The molecule has 5 nitrogen and oxygen atoms in total. The van der Waals surface area contributed by atoms with Gasteiger partial charge in [-0.3, -0.25) is 4.57 Å². The lowest BCUT2D eigenvalue weighted by Gasteiger charge is -2.11. The molecule has 0 aliphatic rings. The standard InChI is InChI=1S/C29H21N5/c1-18-30-19(2)32-29(31-18)34-26-15-9-7-13-22(26)24-17-16-23-21-12-6-8-14-25(21)33(27(23)28(24)34)20-10-4-3-5-11-20/h3-17H,1-2H3. The zero-order valence-electron chi connectivity index (χ0n) is 18.9. The molecular weight excluding hydrogens is 418 g/mol. The van der Waals surface area contributed by atoms with Crippen LogP contribution in [0.1, 0.15) is 11.6 Å². The van der Waals surface area contributed by atoms with Gasteiger partial charge in [-0.1, -0.05) is 66.7 Å². The topological polar surface area (TPSA) is 48.5 Å². The minimum atomic E-state index is 0.647. The van der Waals surface area contributed by atoms with Crippen LogP contribution in [-0.2, 0) is 0 Å². The minimum Gasteiger partial charge on any atom is -0.307 e. The van der Waals surface area contributed by atoms with Crippen LogP contribution in [0.3, 0.4) is 0 Å². The molecule has 0 aliphatic carbocycles. The third-order valence-corrected chi connectivity index (χ3v) is 6.53. The van der Waals surface area contributed by atoms with Crippen LogP contribution < -0.4 is 0 Å². The number of benzene rings is 4. The lowest BCUT2D eigenvalue weighted by Crippen LogP contribution is -2.06. The van der Waals surface area contributed by atoms with E-state index in [0.29, 0.717) is 17.6 Å². The number of aromatic nitrogens is 5. The van der Waals surface area contributed by atoms with Crippen LogP contribution in [0.2, 0.25) is 0 Å². The Morgan fingerprint density at radius 2 is 0.971 bits per heavy atom. The van der Waals surface area contributed by atoms with Crippen molar-refractivity contribution >= 4 is 43.6 Å². The van der Waals surface area contributed by atoms with Crippen molar-refractivity contribution in [3.63, 3.8) is 0 Å². The highest BCUT2D eigenvalue weighted by Crippen LogP contribution is 2.40. The Balaban J connectivity index is 1.79. The van der Waals surface area contributed by atoms with Gasteiger partial charge in [0, 0.05) is 27.2 Å². The molecule has 4 aromatic carbocycles. The molecule has 0 amide bonds. The molecule has 7 aromatic rings. The molecule has 0 radical (unpaired) electrons. The summed E-state index contributed by atoms with van der Waals surface area (Å²) in [5.74, 6) is 2.07. The van der Waals surface area contributed by atoms with Crippen molar-refractivity contribution in [1.82, 2.24) is 24.1 Å². The van der Waals surface area contributed by atoms with E-state index in [-0.39, 0.29) is 0 Å². The van der Waals surface area contributed by atoms with Gasteiger partial charge in [-0.15, -0.1) is 0 Å². The van der Waals surface area contributed by atoms with E-state index in [4.69, 9.17) is 9.97 Å². The van der Waals surface area contributed by atoms with E-state index in [1.165, 1.54) is 27.1 Å². The number of para-hydroxylation sites is 3. The van der Waals surface area contributed by atoms with Crippen molar-refractivity contribution in [2.24, 2.45) is 0 Å². The summed E-state index contributed by atoms with van der Waals surface area (Å²) in [5.41, 5.74) is 5.64. The number of aryl methyl sites for hydroxylation is 2. The highest BCUT2D eigenvalue weighted by Gasteiger charge is 2.22. The Morgan fingerprint density at radius 1 is 0.471 bits per heavy atom. The molecule has 0 saturated heterocycles. The van der Waals surface area contributed by atoms with Crippen molar-refractivity contribution in [1.29, 1.82) is 0 Å². The summed E-state index contributed by atoms with van der Waals surface area (Å²) in [7, 11) is 0. The van der Waals surface area contributed by atoms with Gasteiger partial charge in [0.2, 0.25) is 5.95 Å². The van der Waals surface area contributed by atoms with E-state index in [2.05, 4.69) is 105 Å². The molecule has 0 bridgehead atoms. The molecule has 162 valence electrons. The first-order valence-electron chi connectivity index (χ1n) is 11.4. The summed E-state index contributed by atoms with van der Waals surface area (Å²) in [5, 5.41) is 4.79. The summed E-state index contributed by atoms with van der Waals surface area (Å²) < 4.78 is 4.57. The monoisotopic (exact) mass is 439 g/mol. The van der Waals surface area contributed by atoms with Crippen molar-refractivity contribution in [2.75, 3.05) is 0 Å². The van der Waals surface area contributed by atoms with Gasteiger partial charge in [0.05, 0.1) is 22.1 Å². The van der Waals surface area contributed by atoms with Gasteiger partial charge in [0.1, 0.15) is 11.6 Å². The Morgan fingerprint density at radius 3 is 1.59 bits per heavy atom. The second kappa shape index (κ2) is 6.99. The Bertz CT molecular complexity index is 1860. The lowest BCUT2D eigenvalue weighted by atomic mass is 10.1. The number of nitrogens with zero attached hydrogens (tertiary/aromatic N) is 5. The molecular formula is C29H21N5. The van der Waals surface area contributed by atoms with Crippen molar-refractivity contribution < 1.29 is 0 Å². The molecule has 0 aliphatic heterocycles. The molecule has 5 heteroatoms. The maximum Gasteiger partial charge on any atom is 0.238 e. The second-order valence-corrected chi connectivity index (χ2v) is 8.63. The minimum absolute atomic E-state index is 0.647. The lowest BCUT2D eigenvalue weighted by molar-refractivity contribution is 0.864. The van der Waals surface area contributed by atoms with Crippen LogP contribution in [0.25, 0.3) is 55.2 Å². The van der Waals surface area contributed by atoms with Crippen LogP contribution in [0.15, 0.2) is 91.0 Å². The second-order valence-electron chi connectivity index (χ2n) is 8.63. The fourth-order valence-electron chi connectivity index (χ4n) is 5.25. The van der Waals surface area contributed by atoms with E-state index in [0.717, 1.165) is 22.2 Å². The quantitative estimate of drug-likeness (QED) is 0.302. The van der Waals surface area contributed by atoms with Gasteiger partial charge in [-0.2, -0.15) is 9.97 Å². The average Bonchev–Trinajstić information content (AvgIpc) is 3.37. The Kier molecular flexibility index (Phi) is 3.91. The molecule has 0 fully saturated rings. The SMILES string of the molecule is Cc1nc(C)nc(-n2c3ccccc3c3ccc4c5ccccc5n(-c5ccccc5)c4c32)n1. The first-order valence-corrected chi connectivity index (χ1v) is 11.4. The first-order chi connectivity index (χ1) is 16.7. The van der Waals surface area contributed by atoms with E-state index in [1.54, 1.807) is 0 Å². The number of hydrogen-bond acceptors (Lipinski definition) is 3. The number of fused-ring (bicyclic) bond motifs is 7. The van der Waals surface area contributed by atoms with Crippen LogP contribution >= 0.6 is 0 Å². The van der Waals surface area contributed by atoms with Gasteiger partial charge in [0.15, 0.2) is 0 Å². The molecule has 34 heavy (non-hydrogen) atoms. The molecule has 0 unspecified atom stereocenters. The van der Waals surface area contributed by atoms with Crippen LogP contribution in [0.5, 0.6) is 0 Å². The molecule has 3 aromatic heterocycles. The van der Waals surface area contributed by atoms with Crippen LogP contribution in [0.4, 0.5) is 0 Å². The van der Waals surface area contributed by atoms with Crippen molar-refractivity contribution in [3.8, 4) is 11.6 Å². The third-order valence-electron chi connectivity index (χ3n) is 6.53. The van der Waals surface area contributed by atoms with Gasteiger partial charge < -0.3 is 4.57 Å². The maximum atomic E-state index is 4.77. The van der Waals surface area contributed by atoms with E-state index in [1.807, 2.05) is 13.8 Å². The Hall–Kier alpha value is -4.51. The van der Waals surface area contributed by atoms with Gasteiger partial charge in [-0.25, -0.2) is 4.98 Å².